The van der Waals surface area contributed by atoms with Crippen molar-refractivity contribution in [3.63, 3.8) is 0 Å². The first-order valence-corrected chi connectivity index (χ1v) is 7.60. The normalized spacial score (nSPS) is 20.2. The summed E-state index contributed by atoms with van der Waals surface area (Å²) in [4.78, 5) is 16.7. The fourth-order valence-corrected chi connectivity index (χ4v) is 3.10. The average Bonchev–Trinajstić information content (AvgIpc) is 2.52. The van der Waals surface area contributed by atoms with E-state index in [0.717, 1.165) is 42.1 Å². The molecule has 1 aromatic heterocycles. The van der Waals surface area contributed by atoms with Crippen LogP contribution in [0.15, 0.2) is 36.5 Å². The molecular formula is C17H23Cl2N3O. The molecule has 0 bridgehead atoms. The lowest BCUT2D eigenvalue weighted by atomic mass is 9.85. The summed E-state index contributed by atoms with van der Waals surface area (Å²) in [7, 11) is 0. The number of pyridine rings is 1. The Morgan fingerprint density at radius 1 is 1.22 bits per heavy atom. The quantitative estimate of drug-likeness (QED) is 0.887. The van der Waals surface area contributed by atoms with Crippen molar-refractivity contribution in [3.05, 3.63) is 42.1 Å². The van der Waals surface area contributed by atoms with Gasteiger partial charge < -0.3 is 11.1 Å². The number of para-hydroxylation sites is 1. The van der Waals surface area contributed by atoms with Crippen LogP contribution in [0.2, 0.25) is 0 Å². The van der Waals surface area contributed by atoms with Gasteiger partial charge in [0.2, 0.25) is 5.91 Å². The van der Waals surface area contributed by atoms with Crippen molar-refractivity contribution < 1.29 is 4.79 Å². The molecule has 4 nitrogen and oxygen atoms in total. The number of nitrogens with two attached hydrogens (primary N) is 1. The Balaban J connectivity index is 0.00000132. The van der Waals surface area contributed by atoms with Gasteiger partial charge in [-0.1, -0.05) is 30.7 Å². The van der Waals surface area contributed by atoms with E-state index in [-0.39, 0.29) is 42.7 Å². The summed E-state index contributed by atoms with van der Waals surface area (Å²) >= 11 is 0. The Labute approximate surface area is 149 Å². The highest BCUT2D eigenvalue weighted by atomic mass is 35.5. The third-order valence-corrected chi connectivity index (χ3v) is 4.25. The maximum absolute atomic E-state index is 12.3. The van der Waals surface area contributed by atoms with Crippen LogP contribution in [0.5, 0.6) is 0 Å². The second-order valence-corrected chi connectivity index (χ2v) is 5.83. The molecule has 3 rings (SSSR count). The SMILES string of the molecule is Cl.Cl.NC1CCCC(C(=O)NCc2cccc3cccnc23)C1. The van der Waals surface area contributed by atoms with E-state index >= 15 is 0 Å². The van der Waals surface area contributed by atoms with Gasteiger partial charge in [-0.2, -0.15) is 0 Å². The molecule has 3 N–H and O–H groups in total. The van der Waals surface area contributed by atoms with Crippen molar-refractivity contribution in [1.82, 2.24) is 10.3 Å². The molecule has 1 heterocycles. The first-order valence-electron chi connectivity index (χ1n) is 7.60. The van der Waals surface area contributed by atoms with Crippen molar-refractivity contribution >= 4 is 41.6 Å². The molecule has 0 radical (unpaired) electrons. The molecule has 1 aliphatic carbocycles. The van der Waals surface area contributed by atoms with Crippen LogP contribution >= 0.6 is 24.8 Å². The number of nitrogens with one attached hydrogen (secondary N) is 1. The number of hydrogen-bond acceptors (Lipinski definition) is 3. The zero-order valence-corrected chi connectivity index (χ0v) is 14.5. The molecule has 0 aliphatic heterocycles. The summed E-state index contributed by atoms with van der Waals surface area (Å²) in [5.41, 5.74) is 7.97. The Morgan fingerprint density at radius 2 is 2.00 bits per heavy atom. The molecule has 2 unspecified atom stereocenters. The maximum Gasteiger partial charge on any atom is 0.223 e. The summed E-state index contributed by atoms with van der Waals surface area (Å²) in [5, 5.41) is 4.15. The molecule has 2 aromatic rings. The highest BCUT2D eigenvalue weighted by Crippen LogP contribution is 2.23. The molecule has 1 fully saturated rings. The molecule has 0 spiro atoms. The predicted octanol–water partition coefficient (Wildman–Crippen LogP) is 3.21. The topological polar surface area (TPSA) is 68.0 Å². The van der Waals surface area contributed by atoms with E-state index in [0.29, 0.717) is 6.54 Å². The minimum absolute atomic E-state index is 0. The summed E-state index contributed by atoms with van der Waals surface area (Å²) < 4.78 is 0. The second-order valence-electron chi connectivity index (χ2n) is 5.83. The molecule has 23 heavy (non-hydrogen) atoms. The van der Waals surface area contributed by atoms with Crippen molar-refractivity contribution in [2.24, 2.45) is 11.7 Å². The van der Waals surface area contributed by atoms with E-state index in [9.17, 15) is 4.79 Å². The number of nitrogens with zero attached hydrogens (tertiary/aromatic N) is 1. The van der Waals surface area contributed by atoms with Gasteiger partial charge in [0, 0.05) is 30.1 Å². The maximum atomic E-state index is 12.3. The lowest BCUT2D eigenvalue weighted by Gasteiger charge is -2.25. The number of halogens is 2. The molecule has 1 aliphatic rings. The Kier molecular flexibility index (Phi) is 7.76. The minimum Gasteiger partial charge on any atom is -0.352 e. The van der Waals surface area contributed by atoms with E-state index in [1.54, 1.807) is 6.20 Å². The summed E-state index contributed by atoms with van der Waals surface area (Å²) in [6, 6.07) is 10.2. The number of carbonyl (C=O) groups excluding carboxylic acids is 1. The van der Waals surface area contributed by atoms with Crippen LogP contribution < -0.4 is 11.1 Å². The van der Waals surface area contributed by atoms with Crippen LogP contribution in [0.4, 0.5) is 0 Å². The number of hydrogen-bond donors (Lipinski definition) is 2. The summed E-state index contributed by atoms with van der Waals surface area (Å²) in [5.74, 6) is 0.190. The second kappa shape index (κ2) is 9.06. The number of amides is 1. The van der Waals surface area contributed by atoms with Gasteiger partial charge in [0.05, 0.1) is 5.52 Å². The first kappa shape index (κ1) is 19.7. The van der Waals surface area contributed by atoms with Crippen LogP contribution in [-0.2, 0) is 11.3 Å². The van der Waals surface area contributed by atoms with Crippen LogP contribution in [0.25, 0.3) is 10.9 Å². The van der Waals surface area contributed by atoms with E-state index in [1.165, 1.54) is 0 Å². The largest absolute Gasteiger partial charge is 0.352 e. The van der Waals surface area contributed by atoms with Gasteiger partial charge in [0.25, 0.3) is 0 Å². The molecule has 6 heteroatoms. The highest BCUT2D eigenvalue weighted by Gasteiger charge is 2.25. The Hall–Kier alpha value is -1.36. The zero-order chi connectivity index (χ0) is 14.7. The predicted molar refractivity (Wildman–Crippen MR) is 98.0 cm³/mol. The molecule has 1 saturated carbocycles. The van der Waals surface area contributed by atoms with Gasteiger partial charge in [-0.25, -0.2) is 0 Å². The number of fused-ring (bicyclic) bond motifs is 1. The number of carbonyl (C=O) groups is 1. The van der Waals surface area contributed by atoms with Crippen LogP contribution in [0.3, 0.4) is 0 Å². The minimum atomic E-state index is 0. The first-order chi connectivity index (χ1) is 10.2. The molecule has 2 atom stereocenters. The van der Waals surface area contributed by atoms with Crippen molar-refractivity contribution in [1.29, 1.82) is 0 Å². The van der Waals surface area contributed by atoms with Crippen LogP contribution in [-0.4, -0.2) is 16.9 Å². The third kappa shape index (κ3) is 4.80. The van der Waals surface area contributed by atoms with Gasteiger partial charge in [-0.15, -0.1) is 24.8 Å². The van der Waals surface area contributed by atoms with Gasteiger partial charge in [-0.05, 0) is 30.9 Å². The lowest BCUT2D eigenvalue weighted by molar-refractivity contribution is -0.126. The number of benzene rings is 1. The molecule has 0 saturated heterocycles. The molecule has 1 aromatic carbocycles. The monoisotopic (exact) mass is 355 g/mol. The van der Waals surface area contributed by atoms with E-state index in [1.807, 2.05) is 30.3 Å². The van der Waals surface area contributed by atoms with E-state index < -0.39 is 0 Å². The zero-order valence-electron chi connectivity index (χ0n) is 12.9. The Morgan fingerprint density at radius 3 is 2.78 bits per heavy atom. The average molecular weight is 356 g/mol. The number of rotatable bonds is 3. The van der Waals surface area contributed by atoms with E-state index in [4.69, 9.17) is 5.73 Å². The van der Waals surface area contributed by atoms with Crippen molar-refractivity contribution in [2.75, 3.05) is 0 Å². The van der Waals surface area contributed by atoms with Crippen molar-refractivity contribution in [3.8, 4) is 0 Å². The fraction of sp³-hybridized carbons (Fsp3) is 0.412. The van der Waals surface area contributed by atoms with Crippen LogP contribution in [0.1, 0.15) is 31.2 Å². The van der Waals surface area contributed by atoms with E-state index in [2.05, 4.69) is 10.3 Å². The van der Waals surface area contributed by atoms with Crippen molar-refractivity contribution in [2.45, 2.75) is 38.3 Å². The van der Waals surface area contributed by atoms with Gasteiger partial charge >= 0.3 is 0 Å². The lowest BCUT2D eigenvalue weighted by Crippen LogP contribution is -2.37. The number of aromatic nitrogens is 1. The molecule has 1 amide bonds. The summed E-state index contributed by atoms with van der Waals surface area (Å²) in [6.07, 6.45) is 5.63. The Bertz CT molecular complexity index is 645. The van der Waals surface area contributed by atoms with Gasteiger partial charge in [0.15, 0.2) is 0 Å². The fourth-order valence-electron chi connectivity index (χ4n) is 3.10. The smallest absolute Gasteiger partial charge is 0.223 e. The van der Waals surface area contributed by atoms with Crippen LogP contribution in [0, 0.1) is 5.92 Å². The molecule has 126 valence electrons. The van der Waals surface area contributed by atoms with Gasteiger partial charge in [0.1, 0.15) is 0 Å². The van der Waals surface area contributed by atoms with Gasteiger partial charge in [-0.3, -0.25) is 9.78 Å². The highest BCUT2D eigenvalue weighted by molar-refractivity contribution is 5.85. The summed E-state index contributed by atoms with van der Waals surface area (Å²) in [6.45, 7) is 0.527. The molecular weight excluding hydrogens is 333 g/mol. The third-order valence-electron chi connectivity index (χ3n) is 4.25. The standard InChI is InChI=1S/C17H21N3O.2ClH/c18-15-8-2-5-13(10-15)17(21)20-11-14-6-1-4-12-7-3-9-19-16(12)14;;/h1,3-4,6-7,9,13,15H,2,5,8,10-11,18H2,(H,20,21);2*1H.